The molecule has 1 atom stereocenters. The van der Waals surface area contributed by atoms with E-state index in [-0.39, 0.29) is 5.78 Å². The van der Waals surface area contributed by atoms with Crippen LogP contribution in [0.2, 0.25) is 0 Å². The molecule has 1 unspecified atom stereocenters. The minimum Gasteiger partial charge on any atom is -0.497 e. The number of Topliss-reactive ketones (excluding diaryl/α,β-unsaturated/α-hetero) is 1. The van der Waals surface area contributed by atoms with E-state index in [9.17, 15) is 9.59 Å². The molecular formula is C15H21NO4. The fourth-order valence-corrected chi connectivity index (χ4v) is 1.56. The lowest BCUT2D eigenvalue weighted by Crippen LogP contribution is -2.41. The number of amides is 1. The van der Waals surface area contributed by atoms with Gasteiger partial charge in [-0.25, -0.2) is 4.79 Å². The molecule has 0 aliphatic carbocycles. The highest BCUT2D eigenvalue weighted by molar-refractivity contribution is 6.01. The van der Waals surface area contributed by atoms with E-state index < -0.39 is 17.7 Å². The average Bonchev–Trinajstić information content (AvgIpc) is 2.35. The number of ketones is 1. The van der Waals surface area contributed by atoms with E-state index in [0.29, 0.717) is 11.3 Å². The van der Waals surface area contributed by atoms with Crippen molar-refractivity contribution >= 4 is 11.9 Å². The number of alkyl carbamates (subject to hydrolysis) is 1. The molecule has 0 radical (unpaired) electrons. The molecule has 0 aromatic heterocycles. The van der Waals surface area contributed by atoms with Crippen LogP contribution in [-0.2, 0) is 4.74 Å². The summed E-state index contributed by atoms with van der Waals surface area (Å²) in [4.78, 5) is 23.7. The molecule has 0 aliphatic rings. The van der Waals surface area contributed by atoms with Crippen LogP contribution in [0, 0.1) is 0 Å². The molecule has 110 valence electrons. The van der Waals surface area contributed by atoms with Gasteiger partial charge in [-0.05, 0) is 52.0 Å². The molecule has 0 spiro atoms. The van der Waals surface area contributed by atoms with Crippen LogP contribution in [0.15, 0.2) is 24.3 Å². The first-order valence-electron chi connectivity index (χ1n) is 6.40. The highest BCUT2D eigenvalue weighted by Gasteiger charge is 2.21. The van der Waals surface area contributed by atoms with E-state index in [1.54, 1.807) is 59.1 Å². The Balaban J connectivity index is 2.64. The van der Waals surface area contributed by atoms with Gasteiger partial charge in [0, 0.05) is 5.56 Å². The van der Waals surface area contributed by atoms with Crippen molar-refractivity contribution in [2.75, 3.05) is 7.11 Å². The minimum absolute atomic E-state index is 0.182. The Hall–Kier alpha value is -2.04. The predicted molar refractivity (Wildman–Crippen MR) is 76.2 cm³/mol. The molecule has 5 heteroatoms. The van der Waals surface area contributed by atoms with E-state index in [2.05, 4.69) is 5.32 Å². The molecule has 0 saturated carbocycles. The molecule has 1 N–H and O–H groups in total. The van der Waals surface area contributed by atoms with Gasteiger partial charge in [-0.15, -0.1) is 0 Å². The van der Waals surface area contributed by atoms with E-state index in [0.717, 1.165) is 0 Å². The Labute approximate surface area is 119 Å². The number of benzene rings is 1. The van der Waals surface area contributed by atoms with Crippen molar-refractivity contribution in [2.45, 2.75) is 39.3 Å². The van der Waals surface area contributed by atoms with Gasteiger partial charge in [0.05, 0.1) is 13.2 Å². The second kappa shape index (κ2) is 6.41. The van der Waals surface area contributed by atoms with Gasteiger partial charge in [0.1, 0.15) is 11.4 Å². The minimum atomic E-state index is -0.654. The fraction of sp³-hybridized carbons (Fsp3) is 0.467. The Morgan fingerprint density at radius 1 is 1.15 bits per heavy atom. The van der Waals surface area contributed by atoms with Crippen molar-refractivity contribution in [3.63, 3.8) is 0 Å². The van der Waals surface area contributed by atoms with E-state index in [4.69, 9.17) is 9.47 Å². The third-order valence-corrected chi connectivity index (χ3v) is 2.50. The Kier molecular flexibility index (Phi) is 5.13. The zero-order chi connectivity index (χ0) is 15.3. The lowest BCUT2D eigenvalue weighted by atomic mass is 10.1. The van der Waals surface area contributed by atoms with Crippen molar-refractivity contribution in [2.24, 2.45) is 0 Å². The molecule has 1 rings (SSSR count). The second-order valence-corrected chi connectivity index (χ2v) is 5.46. The molecule has 5 nitrogen and oxygen atoms in total. The maximum absolute atomic E-state index is 12.1. The maximum Gasteiger partial charge on any atom is 0.408 e. The lowest BCUT2D eigenvalue weighted by Gasteiger charge is -2.21. The van der Waals surface area contributed by atoms with Crippen LogP contribution < -0.4 is 10.1 Å². The monoisotopic (exact) mass is 279 g/mol. The van der Waals surface area contributed by atoms with Crippen LogP contribution in [-0.4, -0.2) is 30.6 Å². The van der Waals surface area contributed by atoms with Crippen LogP contribution >= 0.6 is 0 Å². The number of ether oxygens (including phenoxy) is 2. The SMILES string of the molecule is COc1ccc(C(=O)C(C)NC(=O)OC(C)(C)C)cc1. The molecule has 1 aromatic carbocycles. The Morgan fingerprint density at radius 2 is 1.70 bits per heavy atom. The first-order chi connectivity index (χ1) is 9.23. The molecule has 1 aromatic rings. The summed E-state index contributed by atoms with van der Waals surface area (Å²) in [5.74, 6) is 0.493. The van der Waals surface area contributed by atoms with Crippen LogP contribution in [0.1, 0.15) is 38.1 Å². The van der Waals surface area contributed by atoms with Crippen molar-refractivity contribution in [1.29, 1.82) is 0 Å². The first kappa shape index (κ1) is 16.0. The Morgan fingerprint density at radius 3 is 2.15 bits per heavy atom. The zero-order valence-electron chi connectivity index (χ0n) is 12.5. The van der Waals surface area contributed by atoms with Crippen molar-refractivity contribution in [3.8, 4) is 5.75 Å². The van der Waals surface area contributed by atoms with Gasteiger partial charge >= 0.3 is 6.09 Å². The molecule has 20 heavy (non-hydrogen) atoms. The van der Waals surface area contributed by atoms with Crippen LogP contribution in [0.25, 0.3) is 0 Å². The van der Waals surface area contributed by atoms with Gasteiger partial charge in [0.25, 0.3) is 0 Å². The predicted octanol–water partition coefficient (Wildman–Crippen LogP) is 2.79. The molecule has 0 bridgehead atoms. The standard InChI is InChI=1S/C15H21NO4/c1-10(16-14(18)20-15(2,3)4)13(17)11-6-8-12(19-5)9-7-11/h6-10H,1-5H3,(H,16,18). The van der Waals surface area contributed by atoms with Crippen molar-refractivity contribution < 1.29 is 19.1 Å². The number of methoxy groups -OCH3 is 1. The van der Waals surface area contributed by atoms with Gasteiger partial charge in [-0.1, -0.05) is 0 Å². The third kappa shape index (κ3) is 4.91. The van der Waals surface area contributed by atoms with Gasteiger partial charge in [-0.2, -0.15) is 0 Å². The maximum atomic E-state index is 12.1. The van der Waals surface area contributed by atoms with Gasteiger partial charge in [0.15, 0.2) is 5.78 Å². The summed E-state index contributed by atoms with van der Waals surface area (Å²) in [6.07, 6.45) is -0.605. The van der Waals surface area contributed by atoms with Gasteiger partial charge < -0.3 is 14.8 Å². The largest absolute Gasteiger partial charge is 0.497 e. The number of rotatable bonds is 4. The molecule has 0 saturated heterocycles. The zero-order valence-corrected chi connectivity index (χ0v) is 12.5. The Bertz CT molecular complexity index is 474. The molecule has 0 heterocycles. The summed E-state index contributed by atoms with van der Waals surface area (Å²) in [5.41, 5.74) is -0.0816. The number of carbonyl (C=O) groups excluding carboxylic acids is 2. The smallest absolute Gasteiger partial charge is 0.408 e. The normalized spacial score (nSPS) is 12.4. The summed E-state index contributed by atoms with van der Waals surface area (Å²) >= 11 is 0. The molecule has 0 fully saturated rings. The highest BCUT2D eigenvalue weighted by Crippen LogP contribution is 2.13. The number of hydrogen-bond donors (Lipinski definition) is 1. The fourth-order valence-electron chi connectivity index (χ4n) is 1.56. The number of carbonyl (C=O) groups is 2. The quantitative estimate of drug-likeness (QED) is 0.861. The van der Waals surface area contributed by atoms with E-state index in [1.807, 2.05) is 0 Å². The van der Waals surface area contributed by atoms with Crippen LogP contribution in [0.3, 0.4) is 0 Å². The molecular weight excluding hydrogens is 258 g/mol. The number of hydrogen-bond acceptors (Lipinski definition) is 4. The molecule has 0 aliphatic heterocycles. The van der Waals surface area contributed by atoms with Gasteiger partial charge in [-0.3, -0.25) is 4.79 Å². The first-order valence-corrected chi connectivity index (χ1v) is 6.40. The summed E-state index contributed by atoms with van der Waals surface area (Å²) in [7, 11) is 1.56. The summed E-state index contributed by atoms with van der Waals surface area (Å²) < 4.78 is 10.1. The highest BCUT2D eigenvalue weighted by atomic mass is 16.6. The van der Waals surface area contributed by atoms with Crippen molar-refractivity contribution in [3.05, 3.63) is 29.8 Å². The average molecular weight is 279 g/mol. The molecule has 1 amide bonds. The summed E-state index contributed by atoms with van der Waals surface area (Å²) in [6.45, 7) is 6.92. The second-order valence-electron chi connectivity index (χ2n) is 5.46. The van der Waals surface area contributed by atoms with E-state index >= 15 is 0 Å². The summed E-state index contributed by atoms with van der Waals surface area (Å²) in [5, 5.41) is 2.52. The van der Waals surface area contributed by atoms with E-state index in [1.165, 1.54) is 0 Å². The van der Waals surface area contributed by atoms with Crippen molar-refractivity contribution in [1.82, 2.24) is 5.32 Å². The third-order valence-electron chi connectivity index (χ3n) is 2.50. The lowest BCUT2D eigenvalue weighted by molar-refractivity contribution is 0.0497. The van der Waals surface area contributed by atoms with Crippen LogP contribution in [0.5, 0.6) is 5.75 Å². The number of nitrogens with one attached hydrogen (secondary N) is 1. The van der Waals surface area contributed by atoms with Crippen LogP contribution in [0.4, 0.5) is 4.79 Å². The summed E-state index contributed by atoms with van der Waals surface area (Å²) in [6, 6.07) is 6.07. The topological polar surface area (TPSA) is 64.6 Å². The van der Waals surface area contributed by atoms with Gasteiger partial charge in [0.2, 0.25) is 0 Å².